The summed E-state index contributed by atoms with van der Waals surface area (Å²) in [5.41, 5.74) is 1.12. The quantitative estimate of drug-likeness (QED) is 0.474. The minimum Gasteiger partial charge on any atom is -0.419 e. The van der Waals surface area contributed by atoms with E-state index in [2.05, 4.69) is 5.16 Å². The van der Waals surface area contributed by atoms with Gasteiger partial charge in [-0.15, -0.1) is 0 Å². The van der Waals surface area contributed by atoms with E-state index in [1.165, 1.54) is 10.0 Å². The number of carbonyl (C=O) groups is 2. The Kier molecular flexibility index (Phi) is 5.58. The molecule has 2 heterocycles. The first-order valence-electron chi connectivity index (χ1n) is 11.1. The molecule has 1 saturated heterocycles. The SMILES string of the molecule is Cc1onc(-c2ccccc2Cl)c1C(=O)N1N(Cc2ccccc2)C(=O)OC12CCCCC2. The van der Waals surface area contributed by atoms with Crippen molar-refractivity contribution in [2.24, 2.45) is 0 Å². The van der Waals surface area contributed by atoms with Gasteiger partial charge in [-0.1, -0.05) is 71.7 Å². The van der Waals surface area contributed by atoms with Gasteiger partial charge in [0.15, 0.2) is 0 Å². The second-order valence-corrected chi connectivity index (χ2v) is 8.88. The zero-order chi connectivity index (χ0) is 23.0. The second kappa shape index (κ2) is 8.56. The van der Waals surface area contributed by atoms with Crippen LogP contribution in [0, 0.1) is 6.92 Å². The van der Waals surface area contributed by atoms with Crippen LogP contribution in [-0.2, 0) is 11.3 Å². The minimum absolute atomic E-state index is 0.221. The van der Waals surface area contributed by atoms with Crippen LogP contribution in [0.1, 0.15) is 53.8 Å². The predicted octanol–water partition coefficient (Wildman–Crippen LogP) is 5.97. The van der Waals surface area contributed by atoms with Gasteiger partial charge >= 0.3 is 6.09 Å². The molecule has 3 aromatic rings. The van der Waals surface area contributed by atoms with E-state index in [1.807, 2.05) is 42.5 Å². The second-order valence-electron chi connectivity index (χ2n) is 8.48. The molecular weight excluding hydrogens is 442 g/mol. The van der Waals surface area contributed by atoms with Crippen LogP contribution in [0.4, 0.5) is 4.79 Å². The molecule has 8 heteroatoms. The maximum absolute atomic E-state index is 14.2. The number of benzene rings is 2. The summed E-state index contributed by atoms with van der Waals surface area (Å²) in [4.78, 5) is 27.2. The van der Waals surface area contributed by atoms with Gasteiger partial charge in [0.2, 0.25) is 5.72 Å². The molecule has 2 aromatic carbocycles. The van der Waals surface area contributed by atoms with E-state index < -0.39 is 11.8 Å². The lowest BCUT2D eigenvalue weighted by atomic mass is 9.90. The van der Waals surface area contributed by atoms with E-state index in [0.717, 1.165) is 24.8 Å². The highest BCUT2D eigenvalue weighted by molar-refractivity contribution is 6.33. The van der Waals surface area contributed by atoms with E-state index >= 15 is 0 Å². The largest absolute Gasteiger partial charge is 0.431 e. The van der Waals surface area contributed by atoms with E-state index in [1.54, 1.807) is 19.1 Å². The highest BCUT2D eigenvalue weighted by atomic mass is 35.5. The number of hydrogen-bond acceptors (Lipinski definition) is 5. The molecule has 1 spiro atoms. The van der Waals surface area contributed by atoms with E-state index in [4.69, 9.17) is 20.9 Å². The fourth-order valence-electron chi connectivity index (χ4n) is 4.73. The lowest BCUT2D eigenvalue weighted by molar-refractivity contribution is -0.106. The molecule has 7 nitrogen and oxygen atoms in total. The molecule has 2 aliphatic rings. The van der Waals surface area contributed by atoms with E-state index in [0.29, 0.717) is 34.9 Å². The van der Waals surface area contributed by atoms with Crippen molar-refractivity contribution in [1.82, 2.24) is 15.2 Å². The standard InChI is InChI=1S/C25H24ClN3O4/c1-17-21(22(27-33-17)19-12-6-7-13-20(19)26)23(30)29-25(14-8-3-9-15-25)32-24(31)28(29)16-18-10-4-2-5-11-18/h2,4-7,10-13H,3,8-9,14-16H2,1H3. The third-order valence-corrected chi connectivity index (χ3v) is 6.65. The molecule has 0 radical (unpaired) electrons. The topological polar surface area (TPSA) is 75.9 Å². The highest BCUT2D eigenvalue weighted by Gasteiger charge is 2.56. The third-order valence-electron chi connectivity index (χ3n) is 6.32. The highest BCUT2D eigenvalue weighted by Crippen LogP contribution is 2.43. The summed E-state index contributed by atoms with van der Waals surface area (Å²) in [7, 11) is 0. The molecule has 5 rings (SSSR count). The van der Waals surface area contributed by atoms with E-state index in [9.17, 15) is 9.59 Å². The van der Waals surface area contributed by atoms with E-state index in [-0.39, 0.29) is 18.0 Å². The van der Waals surface area contributed by atoms with Gasteiger partial charge in [0.05, 0.1) is 11.6 Å². The monoisotopic (exact) mass is 465 g/mol. The molecule has 33 heavy (non-hydrogen) atoms. The Balaban J connectivity index is 1.60. The fraction of sp³-hybridized carbons (Fsp3) is 0.320. The average molecular weight is 466 g/mol. The van der Waals surface area contributed by atoms with Crippen LogP contribution in [0.5, 0.6) is 0 Å². The van der Waals surface area contributed by atoms with Gasteiger partial charge in [0, 0.05) is 18.4 Å². The summed E-state index contributed by atoms with van der Waals surface area (Å²) in [6.45, 7) is 1.91. The lowest BCUT2D eigenvalue weighted by Crippen LogP contribution is -2.54. The van der Waals surface area contributed by atoms with Crippen LogP contribution in [0.15, 0.2) is 59.1 Å². The lowest BCUT2D eigenvalue weighted by Gasteiger charge is -2.40. The fourth-order valence-corrected chi connectivity index (χ4v) is 4.96. The summed E-state index contributed by atoms with van der Waals surface area (Å²) in [6, 6.07) is 16.7. The maximum atomic E-state index is 14.2. The summed E-state index contributed by atoms with van der Waals surface area (Å²) in [6.07, 6.45) is 3.43. The van der Waals surface area contributed by atoms with Crippen LogP contribution < -0.4 is 0 Å². The van der Waals surface area contributed by atoms with Crippen molar-refractivity contribution in [3.05, 3.63) is 76.5 Å². The number of halogens is 1. The molecule has 1 aliphatic carbocycles. The summed E-state index contributed by atoms with van der Waals surface area (Å²) in [5, 5.41) is 7.52. The zero-order valence-corrected chi connectivity index (χ0v) is 19.0. The van der Waals surface area contributed by atoms with Crippen LogP contribution in [0.25, 0.3) is 11.3 Å². The molecule has 2 fully saturated rings. The molecule has 170 valence electrons. The molecule has 2 amide bonds. The number of hydrogen-bond donors (Lipinski definition) is 0. The van der Waals surface area contributed by atoms with Gasteiger partial charge in [-0.2, -0.15) is 0 Å². The Labute approximate surface area is 196 Å². The first-order valence-corrected chi connectivity index (χ1v) is 11.5. The Morgan fingerprint density at radius 2 is 1.76 bits per heavy atom. The normalized spacial score (nSPS) is 17.5. The van der Waals surface area contributed by atoms with Crippen LogP contribution in [0.2, 0.25) is 5.02 Å². The first-order chi connectivity index (χ1) is 16.0. The van der Waals surface area contributed by atoms with Gasteiger partial charge in [-0.3, -0.25) is 4.79 Å². The predicted molar refractivity (Wildman–Crippen MR) is 122 cm³/mol. The average Bonchev–Trinajstić information content (AvgIpc) is 3.32. The molecule has 0 N–H and O–H groups in total. The summed E-state index contributed by atoms with van der Waals surface area (Å²) < 4.78 is 11.4. The van der Waals surface area contributed by atoms with Crippen molar-refractivity contribution >= 4 is 23.6 Å². The van der Waals surface area contributed by atoms with Crippen molar-refractivity contribution in [2.45, 2.75) is 51.3 Å². The van der Waals surface area contributed by atoms with Gasteiger partial charge in [0.1, 0.15) is 17.0 Å². The number of aryl methyl sites for hydroxylation is 1. The van der Waals surface area contributed by atoms with Gasteiger partial charge in [-0.25, -0.2) is 14.8 Å². The van der Waals surface area contributed by atoms with Crippen molar-refractivity contribution in [3.63, 3.8) is 0 Å². The third kappa shape index (κ3) is 3.76. The number of carbonyl (C=O) groups excluding carboxylic acids is 2. The number of rotatable bonds is 4. The molecule has 1 aliphatic heterocycles. The molecule has 0 atom stereocenters. The Hall–Kier alpha value is -3.32. The smallest absolute Gasteiger partial charge is 0.419 e. The molecule has 1 saturated carbocycles. The van der Waals surface area contributed by atoms with Crippen LogP contribution in [0.3, 0.4) is 0 Å². The van der Waals surface area contributed by atoms with Crippen molar-refractivity contribution < 1.29 is 18.8 Å². The van der Waals surface area contributed by atoms with Gasteiger partial charge in [0.25, 0.3) is 5.91 Å². The first kappa shape index (κ1) is 21.5. The van der Waals surface area contributed by atoms with Gasteiger partial charge in [-0.05, 0) is 31.4 Å². The molecule has 1 aromatic heterocycles. The van der Waals surface area contributed by atoms with Crippen molar-refractivity contribution in [1.29, 1.82) is 0 Å². The zero-order valence-electron chi connectivity index (χ0n) is 18.3. The van der Waals surface area contributed by atoms with Crippen LogP contribution in [-0.4, -0.2) is 32.9 Å². The number of aromatic nitrogens is 1. The van der Waals surface area contributed by atoms with Crippen molar-refractivity contribution in [2.75, 3.05) is 0 Å². The minimum atomic E-state index is -1.01. The number of amides is 2. The Morgan fingerprint density at radius 3 is 2.48 bits per heavy atom. The number of nitrogens with zero attached hydrogens (tertiary/aromatic N) is 3. The van der Waals surface area contributed by atoms with Gasteiger partial charge < -0.3 is 9.26 Å². The maximum Gasteiger partial charge on any atom is 0.431 e. The molecule has 0 unspecified atom stereocenters. The van der Waals surface area contributed by atoms with Crippen LogP contribution >= 0.6 is 11.6 Å². The number of ether oxygens (including phenoxy) is 1. The van der Waals surface area contributed by atoms with Crippen molar-refractivity contribution in [3.8, 4) is 11.3 Å². The number of hydrazine groups is 1. The molecule has 0 bridgehead atoms. The Bertz CT molecular complexity index is 1190. The summed E-state index contributed by atoms with van der Waals surface area (Å²) >= 11 is 6.41. The summed E-state index contributed by atoms with van der Waals surface area (Å²) in [5.74, 6) is -0.0211. The Morgan fingerprint density at radius 1 is 1.06 bits per heavy atom. The molecular formula is C25H24ClN3O4.